The second-order valence-electron chi connectivity index (χ2n) is 8.41. The van der Waals surface area contributed by atoms with Crippen LogP contribution in [-0.4, -0.2) is 53.4 Å². The maximum Gasteiger partial charge on any atom is 0.289 e. The van der Waals surface area contributed by atoms with Gasteiger partial charge >= 0.3 is 0 Å². The number of oxazole rings is 1. The second-order valence-corrected chi connectivity index (χ2v) is 9.34. The highest BCUT2D eigenvalue weighted by atomic mass is 32.2. The largest absolute Gasteiger partial charge is 0.455 e. The van der Waals surface area contributed by atoms with E-state index >= 15 is 0 Å². The molecule has 0 unspecified atom stereocenters. The SMILES string of the molecule is Cc1ccc2nc(SCc3ccc(C(=O)N4CCN(C/C=C/c5ccccc5)CC4)o3)oc2c1. The molecule has 7 heteroatoms. The van der Waals surface area contributed by atoms with Gasteiger partial charge in [0.25, 0.3) is 11.1 Å². The molecule has 0 bridgehead atoms. The van der Waals surface area contributed by atoms with Crippen LogP contribution in [0.5, 0.6) is 0 Å². The number of carbonyl (C=O) groups excluding carboxylic acids is 1. The van der Waals surface area contributed by atoms with Gasteiger partial charge in [0.05, 0.1) is 5.75 Å². The molecule has 2 aromatic carbocycles. The van der Waals surface area contributed by atoms with Gasteiger partial charge in [-0.2, -0.15) is 0 Å². The summed E-state index contributed by atoms with van der Waals surface area (Å²) < 4.78 is 11.7. The zero-order chi connectivity index (χ0) is 23.3. The number of thioether (sulfide) groups is 1. The molecule has 1 amide bonds. The number of furan rings is 1. The molecule has 4 aromatic rings. The number of hydrogen-bond donors (Lipinski definition) is 0. The van der Waals surface area contributed by atoms with Gasteiger partial charge in [0.2, 0.25) is 0 Å². The van der Waals surface area contributed by atoms with Crippen LogP contribution < -0.4 is 0 Å². The summed E-state index contributed by atoms with van der Waals surface area (Å²) in [5.41, 5.74) is 3.97. The summed E-state index contributed by atoms with van der Waals surface area (Å²) >= 11 is 1.46. The van der Waals surface area contributed by atoms with Gasteiger partial charge in [-0.3, -0.25) is 9.69 Å². The molecule has 0 aliphatic carbocycles. The van der Waals surface area contributed by atoms with Crippen molar-refractivity contribution in [2.75, 3.05) is 32.7 Å². The molecule has 0 radical (unpaired) electrons. The number of fused-ring (bicyclic) bond motifs is 1. The predicted octanol–water partition coefficient (Wildman–Crippen LogP) is 5.49. The van der Waals surface area contributed by atoms with Gasteiger partial charge in [0.1, 0.15) is 11.3 Å². The highest BCUT2D eigenvalue weighted by Gasteiger charge is 2.24. The van der Waals surface area contributed by atoms with E-state index in [9.17, 15) is 4.79 Å². The van der Waals surface area contributed by atoms with Crippen molar-refractivity contribution < 1.29 is 13.6 Å². The van der Waals surface area contributed by atoms with Crippen molar-refractivity contribution in [3.8, 4) is 0 Å². The molecule has 0 saturated carbocycles. The third-order valence-electron chi connectivity index (χ3n) is 5.87. The number of rotatable bonds is 7. The van der Waals surface area contributed by atoms with Crippen molar-refractivity contribution in [2.24, 2.45) is 0 Å². The van der Waals surface area contributed by atoms with Crippen LogP contribution in [0.15, 0.2) is 80.8 Å². The van der Waals surface area contributed by atoms with E-state index < -0.39 is 0 Å². The summed E-state index contributed by atoms with van der Waals surface area (Å²) in [6.07, 6.45) is 4.32. The van der Waals surface area contributed by atoms with E-state index in [4.69, 9.17) is 8.83 Å². The van der Waals surface area contributed by atoms with Crippen LogP contribution in [0.2, 0.25) is 0 Å². The molecule has 2 aromatic heterocycles. The number of benzene rings is 2. The number of nitrogens with zero attached hydrogens (tertiary/aromatic N) is 3. The monoisotopic (exact) mass is 473 g/mol. The van der Waals surface area contributed by atoms with Gasteiger partial charge in [-0.1, -0.05) is 60.3 Å². The fraction of sp³-hybridized carbons (Fsp3) is 0.259. The maximum absolute atomic E-state index is 12.9. The van der Waals surface area contributed by atoms with Crippen molar-refractivity contribution in [3.05, 3.63) is 89.4 Å². The van der Waals surface area contributed by atoms with Crippen molar-refractivity contribution in [3.63, 3.8) is 0 Å². The van der Waals surface area contributed by atoms with E-state index in [1.54, 1.807) is 6.07 Å². The highest BCUT2D eigenvalue weighted by molar-refractivity contribution is 7.98. The molecule has 1 fully saturated rings. The van der Waals surface area contributed by atoms with Crippen LogP contribution in [0.3, 0.4) is 0 Å². The molecule has 174 valence electrons. The summed E-state index contributed by atoms with van der Waals surface area (Å²) in [5, 5.41) is 0.599. The Morgan fingerprint density at radius 3 is 2.68 bits per heavy atom. The van der Waals surface area contributed by atoms with Crippen LogP contribution in [0.25, 0.3) is 17.2 Å². The number of carbonyl (C=O) groups is 1. The molecule has 0 atom stereocenters. The van der Waals surface area contributed by atoms with E-state index in [0.717, 1.165) is 42.1 Å². The average Bonchev–Trinajstić information content (AvgIpc) is 3.50. The van der Waals surface area contributed by atoms with E-state index in [2.05, 4.69) is 34.2 Å². The van der Waals surface area contributed by atoms with Gasteiger partial charge in [0.15, 0.2) is 11.3 Å². The number of aryl methyl sites for hydroxylation is 1. The lowest BCUT2D eigenvalue weighted by atomic mass is 10.2. The standard InChI is InChI=1S/C27H27N3O3S/c1-20-9-11-23-25(18-20)33-27(28-23)34-19-22-10-12-24(32-22)26(31)30-16-14-29(15-17-30)13-5-8-21-6-3-2-4-7-21/h2-12,18H,13-17,19H2,1H3/b8-5+. The maximum atomic E-state index is 12.9. The molecule has 5 rings (SSSR count). The predicted molar refractivity (Wildman–Crippen MR) is 135 cm³/mol. The first kappa shape index (κ1) is 22.5. The van der Waals surface area contributed by atoms with Crippen LogP contribution >= 0.6 is 11.8 Å². The lowest BCUT2D eigenvalue weighted by Gasteiger charge is -2.33. The molecule has 0 spiro atoms. The van der Waals surface area contributed by atoms with Gasteiger partial charge < -0.3 is 13.7 Å². The van der Waals surface area contributed by atoms with Gasteiger partial charge in [-0.25, -0.2) is 4.98 Å². The van der Waals surface area contributed by atoms with Gasteiger partial charge in [-0.15, -0.1) is 0 Å². The van der Waals surface area contributed by atoms with Crippen molar-refractivity contribution >= 4 is 34.8 Å². The molecule has 1 aliphatic heterocycles. The molecule has 3 heterocycles. The first-order valence-electron chi connectivity index (χ1n) is 11.5. The van der Waals surface area contributed by atoms with Crippen LogP contribution in [0.4, 0.5) is 0 Å². The molecule has 34 heavy (non-hydrogen) atoms. The Morgan fingerprint density at radius 1 is 1.03 bits per heavy atom. The van der Waals surface area contributed by atoms with E-state index in [1.165, 1.54) is 17.3 Å². The van der Waals surface area contributed by atoms with Crippen molar-refractivity contribution in [1.29, 1.82) is 0 Å². The highest BCUT2D eigenvalue weighted by Crippen LogP contribution is 2.27. The van der Waals surface area contributed by atoms with E-state index in [1.807, 2.05) is 54.3 Å². The molecule has 1 saturated heterocycles. The average molecular weight is 474 g/mol. The Balaban J connectivity index is 1.10. The Hall–Kier alpha value is -3.29. The molecule has 1 aliphatic rings. The third kappa shape index (κ3) is 5.43. The summed E-state index contributed by atoms with van der Waals surface area (Å²) in [7, 11) is 0. The van der Waals surface area contributed by atoms with Crippen LogP contribution in [0, 0.1) is 6.92 Å². The smallest absolute Gasteiger partial charge is 0.289 e. The third-order valence-corrected chi connectivity index (χ3v) is 6.72. The summed E-state index contributed by atoms with van der Waals surface area (Å²) in [6, 6.07) is 19.9. The summed E-state index contributed by atoms with van der Waals surface area (Å²) in [6.45, 7) is 6.01. The minimum Gasteiger partial charge on any atom is -0.455 e. The summed E-state index contributed by atoms with van der Waals surface area (Å²) in [5.74, 6) is 1.63. The minimum atomic E-state index is -0.0481. The Bertz CT molecular complexity index is 1290. The van der Waals surface area contributed by atoms with Crippen molar-refractivity contribution in [1.82, 2.24) is 14.8 Å². The number of aromatic nitrogens is 1. The van der Waals surface area contributed by atoms with Gasteiger partial charge in [-0.05, 0) is 42.3 Å². The van der Waals surface area contributed by atoms with Gasteiger partial charge in [0, 0.05) is 32.7 Å². The normalized spacial score (nSPS) is 14.9. The number of piperazine rings is 1. The number of hydrogen-bond acceptors (Lipinski definition) is 6. The first-order chi connectivity index (χ1) is 16.6. The topological polar surface area (TPSA) is 62.7 Å². The molecule has 0 N–H and O–H groups in total. The minimum absolute atomic E-state index is 0.0481. The van der Waals surface area contributed by atoms with Crippen LogP contribution in [0.1, 0.15) is 27.4 Å². The lowest BCUT2D eigenvalue weighted by Crippen LogP contribution is -2.48. The Morgan fingerprint density at radius 2 is 1.85 bits per heavy atom. The van der Waals surface area contributed by atoms with Crippen molar-refractivity contribution in [2.45, 2.75) is 17.9 Å². The lowest BCUT2D eigenvalue weighted by molar-refractivity contribution is 0.0617. The molecular weight excluding hydrogens is 446 g/mol. The zero-order valence-electron chi connectivity index (χ0n) is 19.1. The summed E-state index contributed by atoms with van der Waals surface area (Å²) in [4.78, 5) is 21.6. The zero-order valence-corrected chi connectivity index (χ0v) is 20.0. The fourth-order valence-electron chi connectivity index (χ4n) is 3.97. The van der Waals surface area contributed by atoms with E-state index in [0.29, 0.717) is 29.8 Å². The first-order valence-corrected chi connectivity index (χ1v) is 12.4. The Kier molecular flexibility index (Phi) is 6.83. The Labute approximate surface area is 203 Å². The van der Waals surface area contributed by atoms with E-state index in [-0.39, 0.29) is 5.91 Å². The molecule has 6 nitrogen and oxygen atoms in total. The molecular formula is C27H27N3O3S. The fourth-order valence-corrected chi connectivity index (χ4v) is 4.70. The quantitative estimate of drug-likeness (QED) is 0.331. The number of amides is 1. The van der Waals surface area contributed by atoms with Crippen LogP contribution in [-0.2, 0) is 5.75 Å². The second kappa shape index (κ2) is 10.3.